The minimum Gasteiger partial charge on any atom is -0.489 e. The molecule has 0 amide bonds. The van der Waals surface area contributed by atoms with E-state index in [0.29, 0.717) is 6.61 Å². The maximum absolute atomic E-state index is 5.82. The van der Waals surface area contributed by atoms with Gasteiger partial charge in [0.1, 0.15) is 18.2 Å². The van der Waals surface area contributed by atoms with Crippen molar-refractivity contribution in [1.82, 2.24) is 4.98 Å². The van der Waals surface area contributed by atoms with Crippen molar-refractivity contribution < 1.29 is 4.74 Å². The highest BCUT2D eigenvalue weighted by Crippen LogP contribution is 2.19. The lowest BCUT2D eigenvalue weighted by atomic mass is 10.1. The number of aromatic nitrogens is 1. The van der Waals surface area contributed by atoms with E-state index in [-0.39, 0.29) is 0 Å². The van der Waals surface area contributed by atoms with Crippen LogP contribution in [0.1, 0.15) is 16.7 Å². The highest BCUT2D eigenvalue weighted by Gasteiger charge is 2.03. The quantitative estimate of drug-likeness (QED) is 0.893. The Morgan fingerprint density at radius 2 is 1.89 bits per heavy atom. The van der Waals surface area contributed by atoms with Crippen molar-refractivity contribution in [2.45, 2.75) is 20.5 Å². The second-order valence-corrected chi connectivity index (χ2v) is 4.37. The third-order valence-corrected chi connectivity index (χ3v) is 2.72. The predicted molar refractivity (Wildman–Crippen MR) is 74.0 cm³/mol. The molecule has 0 aliphatic heterocycles. The first kappa shape index (κ1) is 12.4. The third kappa shape index (κ3) is 3.00. The second-order valence-electron chi connectivity index (χ2n) is 4.37. The van der Waals surface area contributed by atoms with Gasteiger partial charge in [0, 0.05) is 18.8 Å². The molecular formula is C15H18N2O. The zero-order valence-corrected chi connectivity index (χ0v) is 11.0. The molecule has 0 bridgehead atoms. The van der Waals surface area contributed by atoms with Gasteiger partial charge >= 0.3 is 0 Å². The van der Waals surface area contributed by atoms with E-state index in [1.165, 1.54) is 11.1 Å². The third-order valence-electron chi connectivity index (χ3n) is 2.72. The minimum absolute atomic E-state index is 0.521. The van der Waals surface area contributed by atoms with Gasteiger partial charge in [-0.3, -0.25) is 0 Å². The standard InChI is InChI=1S/C15H18N2O/c1-11-7-12(2)9-14(8-11)18-10-13-5-4-6-17-15(13)16-3/h4-9H,10H2,1-3H3,(H,16,17). The monoisotopic (exact) mass is 242 g/mol. The topological polar surface area (TPSA) is 34.2 Å². The van der Waals surface area contributed by atoms with E-state index >= 15 is 0 Å². The van der Waals surface area contributed by atoms with Crippen LogP contribution in [0.5, 0.6) is 5.75 Å². The summed E-state index contributed by atoms with van der Waals surface area (Å²) in [6, 6.07) is 10.2. The molecule has 2 aromatic rings. The molecule has 3 nitrogen and oxygen atoms in total. The van der Waals surface area contributed by atoms with Crippen LogP contribution in [0.25, 0.3) is 0 Å². The highest BCUT2D eigenvalue weighted by atomic mass is 16.5. The van der Waals surface area contributed by atoms with Crippen LogP contribution in [-0.2, 0) is 6.61 Å². The number of benzene rings is 1. The Morgan fingerprint density at radius 3 is 2.56 bits per heavy atom. The normalized spacial score (nSPS) is 10.2. The van der Waals surface area contributed by atoms with E-state index in [1.807, 2.05) is 31.3 Å². The van der Waals surface area contributed by atoms with Crippen molar-refractivity contribution in [3.63, 3.8) is 0 Å². The van der Waals surface area contributed by atoms with Crippen LogP contribution < -0.4 is 10.1 Å². The van der Waals surface area contributed by atoms with Gasteiger partial charge in [0.25, 0.3) is 0 Å². The molecule has 0 spiro atoms. The summed E-state index contributed by atoms with van der Waals surface area (Å²) in [6.45, 7) is 4.67. The van der Waals surface area contributed by atoms with Crippen LogP contribution >= 0.6 is 0 Å². The van der Waals surface area contributed by atoms with Gasteiger partial charge < -0.3 is 10.1 Å². The summed E-state index contributed by atoms with van der Waals surface area (Å²) in [5, 5.41) is 3.06. The van der Waals surface area contributed by atoms with Gasteiger partial charge in [-0.05, 0) is 43.2 Å². The number of anilines is 1. The fourth-order valence-electron chi connectivity index (χ4n) is 1.96. The predicted octanol–water partition coefficient (Wildman–Crippen LogP) is 3.32. The molecule has 3 heteroatoms. The Labute approximate surface area is 108 Å². The molecule has 0 aliphatic carbocycles. The fourth-order valence-corrected chi connectivity index (χ4v) is 1.96. The van der Waals surface area contributed by atoms with Gasteiger partial charge in [-0.2, -0.15) is 0 Å². The van der Waals surface area contributed by atoms with Crippen LogP contribution in [-0.4, -0.2) is 12.0 Å². The first-order valence-corrected chi connectivity index (χ1v) is 6.02. The smallest absolute Gasteiger partial charge is 0.132 e. The minimum atomic E-state index is 0.521. The summed E-state index contributed by atoms with van der Waals surface area (Å²) in [4.78, 5) is 4.25. The number of hydrogen-bond donors (Lipinski definition) is 1. The highest BCUT2D eigenvalue weighted by molar-refractivity contribution is 5.43. The molecule has 1 N–H and O–H groups in total. The van der Waals surface area contributed by atoms with Gasteiger partial charge in [-0.25, -0.2) is 4.98 Å². The number of aryl methyl sites for hydroxylation is 2. The molecule has 94 valence electrons. The van der Waals surface area contributed by atoms with Crippen LogP contribution in [0, 0.1) is 13.8 Å². The molecule has 0 radical (unpaired) electrons. The van der Waals surface area contributed by atoms with Gasteiger partial charge in [-0.1, -0.05) is 12.1 Å². The zero-order valence-electron chi connectivity index (χ0n) is 11.0. The molecule has 18 heavy (non-hydrogen) atoms. The fraction of sp³-hybridized carbons (Fsp3) is 0.267. The van der Waals surface area contributed by atoms with Gasteiger partial charge in [0.2, 0.25) is 0 Å². The van der Waals surface area contributed by atoms with E-state index < -0.39 is 0 Å². The van der Waals surface area contributed by atoms with E-state index in [9.17, 15) is 0 Å². The number of ether oxygens (including phenoxy) is 1. The lowest BCUT2D eigenvalue weighted by Crippen LogP contribution is -2.02. The molecule has 0 unspecified atom stereocenters. The van der Waals surface area contributed by atoms with Crippen LogP contribution in [0.4, 0.5) is 5.82 Å². The van der Waals surface area contributed by atoms with Crippen molar-refractivity contribution in [1.29, 1.82) is 0 Å². The molecule has 2 rings (SSSR count). The maximum atomic E-state index is 5.82. The summed E-state index contributed by atoms with van der Waals surface area (Å²) in [5.74, 6) is 1.76. The van der Waals surface area contributed by atoms with Crippen molar-refractivity contribution >= 4 is 5.82 Å². The maximum Gasteiger partial charge on any atom is 0.132 e. The summed E-state index contributed by atoms with van der Waals surface area (Å²) in [5.41, 5.74) is 3.48. The van der Waals surface area contributed by atoms with Crippen LogP contribution in [0.3, 0.4) is 0 Å². The summed E-state index contributed by atoms with van der Waals surface area (Å²) >= 11 is 0. The molecule has 1 aromatic carbocycles. The first-order valence-electron chi connectivity index (χ1n) is 6.02. The van der Waals surface area contributed by atoms with Gasteiger partial charge in [-0.15, -0.1) is 0 Å². The van der Waals surface area contributed by atoms with Crippen molar-refractivity contribution in [3.05, 3.63) is 53.2 Å². The van der Waals surface area contributed by atoms with Crippen molar-refractivity contribution in [2.24, 2.45) is 0 Å². The number of hydrogen-bond acceptors (Lipinski definition) is 3. The Balaban J connectivity index is 2.11. The Hall–Kier alpha value is -2.03. The average Bonchev–Trinajstić information content (AvgIpc) is 2.35. The van der Waals surface area contributed by atoms with Crippen molar-refractivity contribution in [2.75, 3.05) is 12.4 Å². The first-order chi connectivity index (χ1) is 8.69. The molecule has 0 fully saturated rings. The molecule has 0 saturated carbocycles. The molecule has 1 heterocycles. The largest absolute Gasteiger partial charge is 0.489 e. The number of rotatable bonds is 4. The molecule has 0 aliphatic rings. The Kier molecular flexibility index (Phi) is 3.82. The Bertz CT molecular complexity index is 518. The molecular weight excluding hydrogens is 224 g/mol. The lowest BCUT2D eigenvalue weighted by Gasteiger charge is -2.10. The van der Waals surface area contributed by atoms with Crippen molar-refractivity contribution in [3.8, 4) is 5.75 Å². The van der Waals surface area contributed by atoms with Crippen LogP contribution in [0.15, 0.2) is 36.5 Å². The Morgan fingerprint density at radius 1 is 1.17 bits per heavy atom. The number of nitrogens with zero attached hydrogens (tertiary/aromatic N) is 1. The zero-order chi connectivity index (χ0) is 13.0. The summed E-state index contributed by atoms with van der Waals surface area (Å²) < 4.78 is 5.82. The average molecular weight is 242 g/mol. The van der Waals surface area contributed by atoms with E-state index in [0.717, 1.165) is 17.1 Å². The molecule has 0 saturated heterocycles. The lowest BCUT2D eigenvalue weighted by molar-refractivity contribution is 0.306. The molecule has 1 aromatic heterocycles. The van der Waals surface area contributed by atoms with E-state index in [2.05, 4.69) is 30.2 Å². The van der Waals surface area contributed by atoms with Crippen LogP contribution in [0.2, 0.25) is 0 Å². The number of nitrogens with one attached hydrogen (secondary N) is 1. The van der Waals surface area contributed by atoms with E-state index in [1.54, 1.807) is 6.20 Å². The number of pyridine rings is 1. The summed E-state index contributed by atoms with van der Waals surface area (Å²) in [6.07, 6.45) is 1.77. The summed E-state index contributed by atoms with van der Waals surface area (Å²) in [7, 11) is 1.86. The van der Waals surface area contributed by atoms with E-state index in [4.69, 9.17) is 4.74 Å². The van der Waals surface area contributed by atoms with Gasteiger partial charge in [0.15, 0.2) is 0 Å². The van der Waals surface area contributed by atoms with Gasteiger partial charge in [0.05, 0.1) is 0 Å². The molecule has 0 atom stereocenters. The second kappa shape index (κ2) is 5.54. The SMILES string of the molecule is CNc1ncccc1COc1cc(C)cc(C)c1.